The van der Waals surface area contributed by atoms with E-state index >= 15 is 0 Å². The zero-order valence-corrected chi connectivity index (χ0v) is 14.2. The van der Waals surface area contributed by atoms with E-state index in [1.807, 2.05) is 0 Å². The smallest absolute Gasteiger partial charge is 0.0741 e. The Bertz CT molecular complexity index is 217. The van der Waals surface area contributed by atoms with Gasteiger partial charge in [0.1, 0.15) is 0 Å². The number of hydrogen-bond acceptors (Lipinski definition) is 3. The molecule has 2 atom stereocenters. The molecule has 0 bridgehead atoms. The van der Waals surface area contributed by atoms with Gasteiger partial charge in [0.25, 0.3) is 0 Å². The third-order valence-electron chi connectivity index (χ3n) is 4.75. The molecular weight excluding hydrogens is 260 g/mol. The number of unbranched alkanes of at least 4 members (excludes halogenated alkanes) is 9. The monoisotopic (exact) mass is 298 g/mol. The molecule has 0 radical (unpaired) electrons. The first-order chi connectivity index (χ1) is 10.4. The fraction of sp³-hybridized carbons (Fsp3) is 1.00. The first-order valence-electron chi connectivity index (χ1n) is 9.46. The van der Waals surface area contributed by atoms with Crippen molar-refractivity contribution < 1.29 is 4.74 Å². The highest BCUT2D eigenvalue weighted by atomic mass is 16.5. The number of ether oxygens (including phenoxy) is 1. The summed E-state index contributed by atoms with van der Waals surface area (Å²) in [7, 11) is 0. The van der Waals surface area contributed by atoms with Crippen LogP contribution in [0.3, 0.4) is 0 Å². The molecule has 3 nitrogen and oxygen atoms in total. The molecule has 3 heteroatoms. The third kappa shape index (κ3) is 9.49. The van der Waals surface area contributed by atoms with Crippen molar-refractivity contribution in [2.75, 3.05) is 6.61 Å². The van der Waals surface area contributed by atoms with Crippen LogP contribution in [0.25, 0.3) is 0 Å². The van der Waals surface area contributed by atoms with Crippen LogP contribution in [0.5, 0.6) is 0 Å². The molecule has 0 spiro atoms. The predicted molar refractivity (Wildman–Crippen MR) is 91.2 cm³/mol. The van der Waals surface area contributed by atoms with Crippen LogP contribution in [-0.4, -0.2) is 18.8 Å². The predicted octanol–water partition coefficient (Wildman–Crippen LogP) is 4.70. The Balaban J connectivity index is 1.90. The van der Waals surface area contributed by atoms with Crippen molar-refractivity contribution in [1.82, 2.24) is 5.43 Å². The number of rotatable bonds is 13. The minimum atomic E-state index is 0.349. The van der Waals surface area contributed by atoms with Crippen LogP contribution in [0.4, 0.5) is 0 Å². The van der Waals surface area contributed by atoms with E-state index in [2.05, 4.69) is 12.3 Å². The van der Waals surface area contributed by atoms with Crippen LogP contribution in [0, 0.1) is 0 Å². The molecule has 2 unspecified atom stereocenters. The molecule has 0 aromatic heterocycles. The van der Waals surface area contributed by atoms with Crippen molar-refractivity contribution in [2.45, 2.75) is 109 Å². The lowest BCUT2D eigenvalue weighted by molar-refractivity contribution is -0.00978. The van der Waals surface area contributed by atoms with E-state index in [9.17, 15) is 0 Å². The Morgan fingerprint density at radius 3 is 2.10 bits per heavy atom. The first-order valence-corrected chi connectivity index (χ1v) is 9.46. The second-order valence-electron chi connectivity index (χ2n) is 6.65. The molecule has 1 aliphatic heterocycles. The topological polar surface area (TPSA) is 47.3 Å². The van der Waals surface area contributed by atoms with Crippen LogP contribution in [0.1, 0.15) is 96.8 Å². The van der Waals surface area contributed by atoms with E-state index in [0.717, 1.165) is 13.0 Å². The van der Waals surface area contributed by atoms with E-state index in [-0.39, 0.29) is 0 Å². The van der Waals surface area contributed by atoms with Gasteiger partial charge in [-0.25, -0.2) is 0 Å². The van der Waals surface area contributed by atoms with Gasteiger partial charge < -0.3 is 4.74 Å². The molecule has 126 valence electrons. The van der Waals surface area contributed by atoms with Gasteiger partial charge in [-0.2, -0.15) is 0 Å². The average Bonchev–Trinajstić information content (AvgIpc) is 2.54. The molecule has 1 heterocycles. The highest BCUT2D eigenvalue weighted by Gasteiger charge is 2.22. The van der Waals surface area contributed by atoms with Crippen molar-refractivity contribution >= 4 is 0 Å². The molecule has 0 aliphatic carbocycles. The number of nitrogens with one attached hydrogen (secondary N) is 1. The summed E-state index contributed by atoms with van der Waals surface area (Å²) in [6, 6.07) is 0.361. The maximum Gasteiger partial charge on any atom is 0.0741 e. The van der Waals surface area contributed by atoms with Crippen molar-refractivity contribution in [1.29, 1.82) is 0 Å². The Hall–Kier alpha value is -0.120. The van der Waals surface area contributed by atoms with Gasteiger partial charge in [0.15, 0.2) is 0 Å². The summed E-state index contributed by atoms with van der Waals surface area (Å²) >= 11 is 0. The van der Waals surface area contributed by atoms with E-state index in [4.69, 9.17) is 10.6 Å². The molecule has 1 fully saturated rings. The first kappa shape index (κ1) is 18.9. The summed E-state index contributed by atoms with van der Waals surface area (Å²) < 4.78 is 5.83. The summed E-state index contributed by atoms with van der Waals surface area (Å²) in [6.07, 6.45) is 19.1. The van der Waals surface area contributed by atoms with Crippen LogP contribution in [-0.2, 0) is 4.74 Å². The van der Waals surface area contributed by atoms with Crippen LogP contribution in [0.2, 0.25) is 0 Å². The lowest BCUT2D eigenvalue weighted by atomic mass is 9.97. The Kier molecular flexibility index (Phi) is 12.2. The Labute approximate surface area is 132 Å². The lowest BCUT2D eigenvalue weighted by Crippen LogP contribution is -2.46. The van der Waals surface area contributed by atoms with Gasteiger partial charge in [-0.1, -0.05) is 71.1 Å². The molecule has 0 aromatic rings. The van der Waals surface area contributed by atoms with Gasteiger partial charge >= 0.3 is 0 Å². The molecule has 0 aromatic carbocycles. The number of hydrazine groups is 1. The normalized spacial score (nSPS) is 20.6. The fourth-order valence-electron chi connectivity index (χ4n) is 3.31. The minimum absolute atomic E-state index is 0.349. The zero-order valence-electron chi connectivity index (χ0n) is 14.2. The van der Waals surface area contributed by atoms with Crippen LogP contribution < -0.4 is 11.3 Å². The summed E-state index contributed by atoms with van der Waals surface area (Å²) in [4.78, 5) is 0. The summed E-state index contributed by atoms with van der Waals surface area (Å²) in [5.74, 6) is 5.69. The summed E-state index contributed by atoms with van der Waals surface area (Å²) in [6.45, 7) is 3.20. The highest BCUT2D eigenvalue weighted by Crippen LogP contribution is 2.19. The van der Waals surface area contributed by atoms with Crippen molar-refractivity contribution in [2.24, 2.45) is 5.84 Å². The quantitative estimate of drug-likeness (QED) is 0.294. The molecule has 1 saturated heterocycles. The molecular formula is C18H38N2O. The third-order valence-corrected chi connectivity index (χ3v) is 4.75. The van der Waals surface area contributed by atoms with Crippen molar-refractivity contribution in [3.05, 3.63) is 0 Å². The molecule has 0 amide bonds. The number of hydrogen-bond donors (Lipinski definition) is 2. The van der Waals surface area contributed by atoms with Gasteiger partial charge in [0, 0.05) is 12.6 Å². The van der Waals surface area contributed by atoms with Gasteiger partial charge in [-0.05, 0) is 25.7 Å². The molecule has 21 heavy (non-hydrogen) atoms. The fourth-order valence-corrected chi connectivity index (χ4v) is 3.31. The van der Waals surface area contributed by atoms with E-state index in [1.165, 1.54) is 83.5 Å². The molecule has 1 rings (SSSR count). The van der Waals surface area contributed by atoms with Gasteiger partial charge in [-0.15, -0.1) is 0 Å². The minimum Gasteiger partial charge on any atom is -0.377 e. The summed E-state index contributed by atoms with van der Waals surface area (Å²) in [5.41, 5.74) is 2.98. The molecule has 1 aliphatic rings. The molecule has 0 saturated carbocycles. The second-order valence-corrected chi connectivity index (χ2v) is 6.65. The Morgan fingerprint density at radius 1 is 0.952 bits per heavy atom. The lowest BCUT2D eigenvalue weighted by Gasteiger charge is -2.30. The average molecular weight is 299 g/mol. The highest BCUT2D eigenvalue weighted by molar-refractivity contribution is 4.77. The van der Waals surface area contributed by atoms with Crippen LogP contribution in [0.15, 0.2) is 0 Å². The second kappa shape index (κ2) is 13.5. The molecule has 3 N–H and O–H groups in total. The van der Waals surface area contributed by atoms with E-state index in [1.54, 1.807) is 0 Å². The standard InChI is InChI=1S/C18H38N2O/c1-2-3-4-5-6-7-8-9-10-11-14-17(20-19)18-15-12-13-16-21-18/h17-18,20H,2-16,19H2,1H3. The maximum atomic E-state index is 5.83. The number of nitrogens with two attached hydrogens (primary N) is 1. The van der Waals surface area contributed by atoms with Gasteiger partial charge in [-0.3, -0.25) is 11.3 Å². The van der Waals surface area contributed by atoms with E-state index < -0.39 is 0 Å². The van der Waals surface area contributed by atoms with Gasteiger partial charge in [0.2, 0.25) is 0 Å². The Morgan fingerprint density at radius 2 is 1.57 bits per heavy atom. The van der Waals surface area contributed by atoms with Gasteiger partial charge in [0.05, 0.1) is 6.10 Å². The van der Waals surface area contributed by atoms with Crippen molar-refractivity contribution in [3.63, 3.8) is 0 Å². The summed E-state index contributed by atoms with van der Waals surface area (Å²) in [5, 5.41) is 0. The van der Waals surface area contributed by atoms with Crippen LogP contribution >= 0.6 is 0 Å². The maximum absolute atomic E-state index is 5.83. The van der Waals surface area contributed by atoms with Crippen molar-refractivity contribution in [3.8, 4) is 0 Å². The zero-order chi connectivity index (χ0) is 15.2. The SMILES string of the molecule is CCCCCCCCCCCCC(NN)C1CCCCO1. The van der Waals surface area contributed by atoms with E-state index in [0.29, 0.717) is 12.1 Å². The largest absolute Gasteiger partial charge is 0.377 e.